The molecule has 0 saturated carbocycles. The number of halogens is 1. The van der Waals surface area contributed by atoms with Gasteiger partial charge in [0.25, 0.3) is 5.56 Å². The van der Waals surface area contributed by atoms with Crippen LogP contribution in [0.3, 0.4) is 0 Å². The van der Waals surface area contributed by atoms with Gasteiger partial charge in [-0.2, -0.15) is 0 Å². The fourth-order valence-electron chi connectivity index (χ4n) is 2.42. The Morgan fingerprint density at radius 3 is 2.52 bits per heavy atom. The Bertz CT molecular complexity index is 916. The van der Waals surface area contributed by atoms with E-state index in [1.165, 1.54) is 4.57 Å². The van der Waals surface area contributed by atoms with E-state index in [0.29, 0.717) is 16.1 Å². The third-order valence-electron chi connectivity index (χ3n) is 3.75. The second-order valence-electron chi connectivity index (χ2n) is 5.29. The average Bonchev–Trinajstić information content (AvgIpc) is 2.57. The predicted octanol–water partition coefficient (Wildman–Crippen LogP) is 3.85. The number of amides is 1. The lowest BCUT2D eigenvalue weighted by Crippen LogP contribution is -2.31. The van der Waals surface area contributed by atoms with E-state index >= 15 is 0 Å². The van der Waals surface area contributed by atoms with Gasteiger partial charge in [0.15, 0.2) is 0 Å². The smallest absolute Gasteiger partial charge is 0.259 e. The van der Waals surface area contributed by atoms with E-state index in [1.807, 2.05) is 24.3 Å². The van der Waals surface area contributed by atoms with E-state index in [-0.39, 0.29) is 11.5 Å². The summed E-state index contributed by atoms with van der Waals surface area (Å²) in [7, 11) is 0. The first-order valence-electron chi connectivity index (χ1n) is 7.22. The lowest BCUT2D eigenvalue weighted by Gasteiger charge is -2.16. The number of benzene rings is 2. The Morgan fingerprint density at radius 2 is 1.78 bits per heavy atom. The van der Waals surface area contributed by atoms with E-state index in [0.717, 1.165) is 5.39 Å². The Kier molecular flexibility index (Phi) is 4.17. The molecule has 0 aliphatic rings. The van der Waals surface area contributed by atoms with Crippen molar-refractivity contribution in [2.75, 3.05) is 5.32 Å². The Labute approximate surface area is 138 Å². The van der Waals surface area contributed by atoms with Gasteiger partial charge in [-0.1, -0.05) is 29.8 Å². The molecule has 0 saturated heterocycles. The van der Waals surface area contributed by atoms with E-state index in [4.69, 9.17) is 11.6 Å². The van der Waals surface area contributed by atoms with Crippen LogP contribution in [0.5, 0.6) is 0 Å². The molecule has 0 aliphatic carbocycles. The number of nitrogens with zero attached hydrogens (tertiary/aromatic N) is 1. The third-order valence-corrected chi connectivity index (χ3v) is 4.00. The molecule has 3 aromatic rings. The molecule has 1 unspecified atom stereocenters. The fraction of sp³-hybridized carbons (Fsp3) is 0.111. The van der Waals surface area contributed by atoms with Crippen LogP contribution < -0.4 is 10.9 Å². The number of nitrogens with one attached hydrogen (secondary N) is 1. The van der Waals surface area contributed by atoms with Gasteiger partial charge in [0, 0.05) is 22.3 Å². The summed E-state index contributed by atoms with van der Waals surface area (Å²) in [4.78, 5) is 24.9. The van der Waals surface area contributed by atoms with Crippen LogP contribution in [0.4, 0.5) is 5.69 Å². The van der Waals surface area contributed by atoms with Gasteiger partial charge in [0.05, 0.1) is 0 Å². The molecule has 23 heavy (non-hydrogen) atoms. The minimum Gasteiger partial charge on any atom is -0.324 e. The number of carbonyl (C=O) groups excluding carboxylic acids is 1. The van der Waals surface area contributed by atoms with Crippen LogP contribution in [0.15, 0.2) is 65.6 Å². The molecule has 1 N–H and O–H groups in total. The summed E-state index contributed by atoms with van der Waals surface area (Å²) in [6.45, 7) is 1.70. The number of hydrogen-bond donors (Lipinski definition) is 1. The normalized spacial score (nSPS) is 12.1. The molecule has 3 rings (SSSR count). The van der Waals surface area contributed by atoms with Gasteiger partial charge in [-0.05, 0) is 48.7 Å². The van der Waals surface area contributed by atoms with Crippen LogP contribution in [-0.2, 0) is 4.79 Å². The zero-order valence-corrected chi connectivity index (χ0v) is 13.2. The highest BCUT2D eigenvalue weighted by atomic mass is 35.5. The van der Waals surface area contributed by atoms with Crippen molar-refractivity contribution in [2.24, 2.45) is 0 Å². The van der Waals surface area contributed by atoms with E-state index < -0.39 is 6.04 Å². The van der Waals surface area contributed by atoms with Gasteiger partial charge in [-0.3, -0.25) is 9.59 Å². The summed E-state index contributed by atoms with van der Waals surface area (Å²) in [6.07, 6.45) is 1.65. The standard InChI is InChI=1S/C18H15ClN2O2/c1-12(17(22)20-15-8-6-14(19)7-9-15)21-11-10-13-4-2-3-5-16(13)18(21)23/h2-12H,1H3,(H,20,22). The second-order valence-corrected chi connectivity index (χ2v) is 5.72. The molecule has 0 bridgehead atoms. The number of carbonyl (C=O) groups is 1. The molecular weight excluding hydrogens is 312 g/mol. The molecule has 1 amide bonds. The van der Waals surface area contributed by atoms with Crippen LogP contribution in [0.2, 0.25) is 5.02 Å². The van der Waals surface area contributed by atoms with Gasteiger partial charge in [0.1, 0.15) is 6.04 Å². The molecular formula is C18H15ClN2O2. The molecule has 0 radical (unpaired) electrons. The first-order valence-corrected chi connectivity index (χ1v) is 7.60. The SMILES string of the molecule is CC(C(=O)Nc1ccc(Cl)cc1)n1ccc2ccccc2c1=O. The first-order chi connectivity index (χ1) is 11.1. The van der Waals surface area contributed by atoms with Gasteiger partial charge in [0.2, 0.25) is 5.91 Å². The van der Waals surface area contributed by atoms with Crippen molar-refractivity contribution in [3.05, 3.63) is 76.2 Å². The Morgan fingerprint density at radius 1 is 1.09 bits per heavy atom. The quantitative estimate of drug-likeness (QED) is 0.794. The maximum absolute atomic E-state index is 12.5. The number of hydrogen-bond acceptors (Lipinski definition) is 2. The summed E-state index contributed by atoms with van der Waals surface area (Å²) in [6, 6.07) is 15.4. The summed E-state index contributed by atoms with van der Waals surface area (Å²) >= 11 is 5.82. The topological polar surface area (TPSA) is 51.1 Å². The molecule has 1 aromatic heterocycles. The molecule has 4 nitrogen and oxygen atoms in total. The van der Waals surface area contributed by atoms with Crippen molar-refractivity contribution in [1.82, 2.24) is 4.57 Å². The maximum Gasteiger partial charge on any atom is 0.259 e. The van der Waals surface area contributed by atoms with Gasteiger partial charge >= 0.3 is 0 Å². The van der Waals surface area contributed by atoms with Gasteiger partial charge in [-0.25, -0.2) is 0 Å². The van der Waals surface area contributed by atoms with Crippen LogP contribution in [-0.4, -0.2) is 10.5 Å². The van der Waals surface area contributed by atoms with Crippen molar-refractivity contribution in [3.63, 3.8) is 0 Å². The lowest BCUT2D eigenvalue weighted by molar-refractivity contribution is -0.118. The van der Waals surface area contributed by atoms with Crippen LogP contribution >= 0.6 is 11.6 Å². The lowest BCUT2D eigenvalue weighted by atomic mass is 10.1. The second kappa shape index (κ2) is 6.26. The minimum atomic E-state index is -0.622. The fourth-order valence-corrected chi connectivity index (χ4v) is 2.54. The Hall–Kier alpha value is -2.59. The molecule has 116 valence electrons. The summed E-state index contributed by atoms with van der Waals surface area (Å²) < 4.78 is 1.44. The Balaban J connectivity index is 1.89. The van der Waals surface area contributed by atoms with E-state index in [9.17, 15) is 9.59 Å². The molecule has 1 atom stereocenters. The van der Waals surface area contributed by atoms with Crippen molar-refractivity contribution in [2.45, 2.75) is 13.0 Å². The maximum atomic E-state index is 12.5. The number of rotatable bonds is 3. The monoisotopic (exact) mass is 326 g/mol. The zero-order chi connectivity index (χ0) is 16.4. The van der Waals surface area contributed by atoms with Crippen LogP contribution in [0, 0.1) is 0 Å². The van der Waals surface area contributed by atoms with Crippen molar-refractivity contribution >= 4 is 34.0 Å². The van der Waals surface area contributed by atoms with Crippen molar-refractivity contribution in [1.29, 1.82) is 0 Å². The highest BCUT2D eigenvalue weighted by Crippen LogP contribution is 2.16. The van der Waals surface area contributed by atoms with E-state index in [1.54, 1.807) is 43.5 Å². The van der Waals surface area contributed by atoms with Crippen LogP contribution in [0.1, 0.15) is 13.0 Å². The molecule has 0 fully saturated rings. The molecule has 1 heterocycles. The zero-order valence-electron chi connectivity index (χ0n) is 12.5. The van der Waals surface area contributed by atoms with E-state index in [2.05, 4.69) is 5.32 Å². The molecule has 5 heteroatoms. The highest BCUT2D eigenvalue weighted by molar-refractivity contribution is 6.30. The minimum absolute atomic E-state index is 0.179. The van der Waals surface area contributed by atoms with Gasteiger partial charge < -0.3 is 9.88 Å². The number of pyridine rings is 1. The molecule has 0 spiro atoms. The summed E-state index contributed by atoms with van der Waals surface area (Å²) in [5.74, 6) is -0.260. The van der Waals surface area contributed by atoms with Crippen LogP contribution in [0.25, 0.3) is 10.8 Å². The molecule has 0 aliphatic heterocycles. The molecule has 2 aromatic carbocycles. The van der Waals surface area contributed by atoms with Crippen molar-refractivity contribution in [3.8, 4) is 0 Å². The van der Waals surface area contributed by atoms with Gasteiger partial charge in [-0.15, -0.1) is 0 Å². The predicted molar refractivity (Wildman–Crippen MR) is 93.0 cm³/mol. The summed E-state index contributed by atoms with van der Waals surface area (Å²) in [5.41, 5.74) is 0.460. The summed E-state index contributed by atoms with van der Waals surface area (Å²) in [5, 5.41) is 4.84. The number of fused-ring (bicyclic) bond motifs is 1. The third kappa shape index (κ3) is 3.12. The highest BCUT2D eigenvalue weighted by Gasteiger charge is 2.17. The van der Waals surface area contributed by atoms with Crippen molar-refractivity contribution < 1.29 is 4.79 Å². The number of aromatic nitrogens is 1. The first kappa shape index (κ1) is 15.3. The largest absolute Gasteiger partial charge is 0.324 e. The number of anilines is 1. The average molecular weight is 327 g/mol.